The molecule has 0 spiro atoms. The molecule has 0 aliphatic rings. The quantitative estimate of drug-likeness (QED) is 0.857. The third kappa shape index (κ3) is 4.20. The van der Waals surface area contributed by atoms with Crippen LogP contribution in [-0.2, 0) is 9.59 Å². The molecule has 4 heteroatoms. The van der Waals surface area contributed by atoms with Gasteiger partial charge in [0, 0.05) is 12.6 Å². The molecule has 0 fully saturated rings. The number of rotatable bonds is 4. The van der Waals surface area contributed by atoms with Crippen molar-refractivity contribution >= 4 is 17.5 Å². The molecule has 1 aromatic carbocycles. The summed E-state index contributed by atoms with van der Waals surface area (Å²) in [5.41, 5.74) is 1.82. The Bertz CT molecular complexity index is 441. The molecular weight excluding hydrogens is 228 g/mol. The summed E-state index contributed by atoms with van der Waals surface area (Å²) in [5, 5.41) is 5.48. The molecule has 0 bridgehead atoms. The van der Waals surface area contributed by atoms with Crippen LogP contribution >= 0.6 is 0 Å². The van der Waals surface area contributed by atoms with Crippen molar-refractivity contribution in [2.45, 2.75) is 33.7 Å². The van der Waals surface area contributed by atoms with Gasteiger partial charge in [0.25, 0.3) is 0 Å². The number of hydrogen-bond donors (Lipinski definition) is 2. The van der Waals surface area contributed by atoms with E-state index >= 15 is 0 Å². The lowest BCUT2D eigenvalue weighted by atomic mass is 10.0. The monoisotopic (exact) mass is 248 g/mol. The van der Waals surface area contributed by atoms with Gasteiger partial charge in [0.15, 0.2) is 0 Å². The number of anilines is 1. The third-order valence-electron chi connectivity index (χ3n) is 2.59. The predicted octanol–water partition coefficient (Wildman–Crippen LogP) is 2.09. The highest BCUT2D eigenvalue weighted by Gasteiger charge is 2.22. The van der Waals surface area contributed by atoms with Crippen molar-refractivity contribution in [1.29, 1.82) is 0 Å². The summed E-state index contributed by atoms with van der Waals surface area (Å²) in [6, 6.07) is 7.05. The predicted molar refractivity (Wildman–Crippen MR) is 72.3 cm³/mol. The summed E-state index contributed by atoms with van der Waals surface area (Å²) in [6.07, 6.45) is 0. The van der Waals surface area contributed by atoms with Gasteiger partial charge < -0.3 is 10.6 Å². The van der Waals surface area contributed by atoms with Gasteiger partial charge >= 0.3 is 0 Å². The van der Waals surface area contributed by atoms with E-state index in [0.29, 0.717) is 0 Å². The molecule has 1 aromatic rings. The highest BCUT2D eigenvalue weighted by Crippen LogP contribution is 2.11. The number of carbonyl (C=O) groups excluding carboxylic acids is 2. The van der Waals surface area contributed by atoms with Crippen molar-refractivity contribution in [1.82, 2.24) is 5.32 Å². The number of amides is 2. The molecule has 0 aliphatic carbocycles. The molecule has 18 heavy (non-hydrogen) atoms. The lowest BCUT2D eigenvalue weighted by molar-refractivity contribution is -0.126. The van der Waals surface area contributed by atoms with Gasteiger partial charge in [-0.05, 0) is 30.5 Å². The van der Waals surface area contributed by atoms with Crippen LogP contribution in [0.1, 0.15) is 26.3 Å². The maximum absolute atomic E-state index is 12.1. The molecule has 4 nitrogen and oxygen atoms in total. The first-order valence-corrected chi connectivity index (χ1v) is 6.04. The molecule has 0 saturated heterocycles. The summed E-state index contributed by atoms with van der Waals surface area (Å²) < 4.78 is 0. The molecule has 0 radical (unpaired) electrons. The van der Waals surface area contributed by atoms with Crippen molar-refractivity contribution in [3.63, 3.8) is 0 Å². The van der Waals surface area contributed by atoms with E-state index in [2.05, 4.69) is 10.6 Å². The fourth-order valence-corrected chi connectivity index (χ4v) is 1.70. The van der Waals surface area contributed by atoms with Gasteiger partial charge in [0.2, 0.25) is 11.8 Å². The van der Waals surface area contributed by atoms with Gasteiger partial charge in [0.05, 0.1) is 0 Å². The summed E-state index contributed by atoms with van der Waals surface area (Å²) in [6.45, 7) is 7.17. The van der Waals surface area contributed by atoms with Crippen LogP contribution in [0, 0.1) is 12.8 Å². The number of carbonyl (C=O) groups is 2. The Balaban J connectivity index is 2.75. The van der Waals surface area contributed by atoms with E-state index in [1.165, 1.54) is 6.92 Å². The molecule has 0 saturated carbocycles. The zero-order valence-corrected chi connectivity index (χ0v) is 11.3. The molecule has 0 aromatic heterocycles. The molecule has 1 atom stereocenters. The van der Waals surface area contributed by atoms with Crippen LogP contribution in [0.3, 0.4) is 0 Å². The van der Waals surface area contributed by atoms with Crippen molar-refractivity contribution in [2.75, 3.05) is 5.32 Å². The first kappa shape index (κ1) is 14.2. The Morgan fingerprint density at radius 2 is 1.89 bits per heavy atom. The largest absolute Gasteiger partial charge is 0.344 e. The van der Waals surface area contributed by atoms with E-state index in [0.717, 1.165) is 11.3 Å². The van der Waals surface area contributed by atoms with Gasteiger partial charge in [0.1, 0.15) is 6.04 Å². The van der Waals surface area contributed by atoms with E-state index in [-0.39, 0.29) is 17.7 Å². The molecule has 2 amide bonds. The third-order valence-corrected chi connectivity index (χ3v) is 2.59. The van der Waals surface area contributed by atoms with E-state index in [1.807, 2.05) is 45.0 Å². The van der Waals surface area contributed by atoms with Gasteiger partial charge in [-0.25, -0.2) is 0 Å². The summed E-state index contributed by atoms with van der Waals surface area (Å²) in [5.74, 6) is -0.349. The fourth-order valence-electron chi connectivity index (χ4n) is 1.70. The molecular formula is C14H20N2O2. The van der Waals surface area contributed by atoms with Crippen molar-refractivity contribution < 1.29 is 9.59 Å². The molecule has 0 unspecified atom stereocenters. The zero-order valence-electron chi connectivity index (χ0n) is 11.3. The summed E-state index contributed by atoms with van der Waals surface area (Å²) in [4.78, 5) is 23.2. The van der Waals surface area contributed by atoms with Gasteiger partial charge in [-0.1, -0.05) is 26.0 Å². The first-order valence-electron chi connectivity index (χ1n) is 6.04. The summed E-state index contributed by atoms with van der Waals surface area (Å²) >= 11 is 0. The van der Waals surface area contributed by atoms with Crippen molar-refractivity contribution in [2.24, 2.45) is 5.92 Å². The van der Waals surface area contributed by atoms with Crippen LogP contribution in [0.15, 0.2) is 24.3 Å². The fraction of sp³-hybridized carbons (Fsp3) is 0.429. The lowest BCUT2D eigenvalue weighted by Crippen LogP contribution is -2.46. The standard InChI is InChI=1S/C14H20N2O2/c1-9(2)13(15-11(4)17)14(18)16-12-7-5-6-10(3)8-12/h5-9,13H,1-4H3,(H,15,17)(H,16,18)/t13-/m1/s1. The molecule has 2 N–H and O–H groups in total. The van der Waals surface area contributed by atoms with Crippen molar-refractivity contribution in [3.05, 3.63) is 29.8 Å². The minimum absolute atomic E-state index is 0.0405. The second-order valence-electron chi connectivity index (χ2n) is 4.78. The van der Waals surface area contributed by atoms with Crippen LogP contribution in [0.25, 0.3) is 0 Å². The highest BCUT2D eigenvalue weighted by atomic mass is 16.2. The molecule has 98 valence electrons. The van der Waals surface area contributed by atoms with Crippen LogP contribution in [0.2, 0.25) is 0 Å². The summed E-state index contributed by atoms with van der Waals surface area (Å²) in [7, 11) is 0. The maximum atomic E-state index is 12.1. The molecule has 0 heterocycles. The van der Waals surface area contributed by atoms with E-state index in [4.69, 9.17) is 0 Å². The smallest absolute Gasteiger partial charge is 0.247 e. The normalized spacial score (nSPS) is 12.1. The van der Waals surface area contributed by atoms with Crippen molar-refractivity contribution in [3.8, 4) is 0 Å². The second-order valence-corrected chi connectivity index (χ2v) is 4.78. The Hall–Kier alpha value is -1.84. The van der Waals surface area contributed by atoms with E-state index in [1.54, 1.807) is 0 Å². The lowest BCUT2D eigenvalue weighted by Gasteiger charge is -2.21. The average Bonchev–Trinajstić information content (AvgIpc) is 2.25. The number of aryl methyl sites for hydroxylation is 1. The SMILES string of the molecule is CC(=O)N[C@@H](C(=O)Nc1cccc(C)c1)C(C)C. The molecule has 0 aliphatic heterocycles. The minimum atomic E-state index is -0.511. The van der Waals surface area contributed by atoms with E-state index < -0.39 is 6.04 Å². The maximum Gasteiger partial charge on any atom is 0.247 e. The van der Waals surface area contributed by atoms with Crippen LogP contribution in [-0.4, -0.2) is 17.9 Å². The van der Waals surface area contributed by atoms with Crippen LogP contribution in [0.4, 0.5) is 5.69 Å². The molecule has 1 rings (SSSR count). The number of hydrogen-bond acceptors (Lipinski definition) is 2. The van der Waals surface area contributed by atoms with Gasteiger partial charge in [-0.2, -0.15) is 0 Å². The highest BCUT2D eigenvalue weighted by molar-refractivity contribution is 5.97. The van der Waals surface area contributed by atoms with Gasteiger partial charge in [-0.15, -0.1) is 0 Å². The zero-order chi connectivity index (χ0) is 13.7. The number of nitrogens with one attached hydrogen (secondary N) is 2. The number of benzene rings is 1. The Labute approximate surface area is 108 Å². The van der Waals surface area contributed by atoms with E-state index in [9.17, 15) is 9.59 Å². The van der Waals surface area contributed by atoms with Crippen LogP contribution < -0.4 is 10.6 Å². The first-order chi connectivity index (χ1) is 8.40. The van der Waals surface area contributed by atoms with Crippen LogP contribution in [0.5, 0.6) is 0 Å². The van der Waals surface area contributed by atoms with Gasteiger partial charge in [-0.3, -0.25) is 9.59 Å². The Morgan fingerprint density at radius 1 is 1.22 bits per heavy atom. The Morgan fingerprint density at radius 3 is 2.39 bits per heavy atom. The topological polar surface area (TPSA) is 58.2 Å². The second kappa shape index (κ2) is 6.19. The Kier molecular flexibility index (Phi) is 4.89. The average molecular weight is 248 g/mol. The minimum Gasteiger partial charge on any atom is -0.344 e.